The predicted octanol–water partition coefficient (Wildman–Crippen LogP) is 1.43. The van der Waals surface area contributed by atoms with Gasteiger partial charge in [-0.05, 0) is 24.0 Å². The highest BCUT2D eigenvalue weighted by Gasteiger charge is 2.22. The number of hydrogen-bond acceptors (Lipinski definition) is 2. The molecule has 1 aliphatic rings. The maximum absolute atomic E-state index is 11.9. The molecule has 0 radical (unpaired) electrons. The van der Waals surface area contributed by atoms with E-state index in [4.69, 9.17) is 0 Å². The molecule has 1 aromatic carbocycles. The first kappa shape index (κ1) is 13.7. The molecule has 0 fully saturated rings. The number of carbonyl (C=O) groups excluding carboxylic acids is 1. The fourth-order valence-electron chi connectivity index (χ4n) is 2.82. The van der Waals surface area contributed by atoms with Crippen molar-refractivity contribution in [2.24, 2.45) is 7.05 Å². The number of imidazole rings is 1. The number of nitrogens with one attached hydrogen (secondary N) is 2. The Morgan fingerprint density at radius 3 is 2.67 bits per heavy atom. The van der Waals surface area contributed by atoms with Gasteiger partial charge < -0.3 is 15.2 Å². The topological polar surface area (TPSA) is 59.0 Å². The molecule has 0 spiro atoms. The molecule has 0 unspecified atom stereocenters. The lowest BCUT2D eigenvalue weighted by Crippen LogP contribution is -2.43. The van der Waals surface area contributed by atoms with E-state index in [2.05, 4.69) is 27.8 Å². The summed E-state index contributed by atoms with van der Waals surface area (Å²) in [5.74, 6) is 0.976. The highest BCUT2D eigenvalue weighted by Crippen LogP contribution is 2.21. The number of amides is 2. The lowest BCUT2D eigenvalue weighted by Gasteiger charge is -2.13. The largest absolute Gasteiger partial charge is 0.338 e. The third-order valence-electron chi connectivity index (χ3n) is 3.94. The van der Waals surface area contributed by atoms with Crippen LogP contribution in [-0.4, -0.2) is 28.2 Å². The monoisotopic (exact) mass is 284 g/mol. The zero-order valence-corrected chi connectivity index (χ0v) is 12.2. The van der Waals surface area contributed by atoms with Gasteiger partial charge in [-0.25, -0.2) is 9.78 Å². The van der Waals surface area contributed by atoms with E-state index in [1.54, 1.807) is 6.20 Å². The summed E-state index contributed by atoms with van der Waals surface area (Å²) in [7, 11) is 1.96. The summed E-state index contributed by atoms with van der Waals surface area (Å²) in [6.07, 6.45) is 6.25. The second-order valence-corrected chi connectivity index (χ2v) is 5.48. The van der Waals surface area contributed by atoms with Crippen molar-refractivity contribution < 1.29 is 4.79 Å². The predicted molar refractivity (Wildman–Crippen MR) is 81.1 cm³/mol. The van der Waals surface area contributed by atoms with Gasteiger partial charge in [-0.2, -0.15) is 0 Å². The Bertz CT molecular complexity index is 610. The van der Waals surface area contributed by atoms with Gasteiger partial charge in [0.25, 0.3) is 0 Å². The van der Waals surface area contributed by atoms with Crippen LogP contribution in [0.15, 0.2) is 36.7 Å². The molecule has 0 saturated heterocycles. The Hall–Kier alpha value is -2.30. The first-order valence-corrected chi connectivity index (χ1v) is 7.30. The molecule has 5 nitrogen and oxygen atoms in total. The fraction of sp³-hybridized carbons (Fsp3) is 0.375. The van der Waals surface area contributed by atoms with Crippen LogP contribution in [0.25, 0.3) is 0 Å². The molecule has 110 valence electrons. The number of aromatic nitrogens is 2. The summed E-state index contributed by atoms with van der Waals surface area (Å²) in [6.45, 7) is 0.594. The van der Waals surface area contributed by atoms with Crippen LogP contribution >= 0.6 is 0 Å². The molecule has 1 heterocycles. The Balaban J connectivity index is 1.43. The lowest BCUT2D eigenvalue weighted by molar-refractivity contribution is 0.237. The van der Waals surface area contributed by atoms with Crippen molar-refractivity contribution in [3.05, 3.63) is 53.6 Å². The number of rotatable bonds is 4. The van der Waals surface area contributed by atoms with E-state index in [1.165, 1.54) is 11.1 Å². The maximum atomic E-state index is 11.9. The number of nitrogens with zero attached hydrogens (tertiary/aromatic N) is 2. The van der Waals surface area contributed by atoms with Gasteiger partial charge in [0.15, 0.2) is 0 Å². The van der Waals surface area contributed by atoms with Gasteiger partial charge in [0.1, 0.15) is 5.82 Å². The highest BCUT2D eigenvalue weighted by atomic mass is 16.2. The normalized spacial score (nSPS) is 14.0. The third-order valence-corrected chi connectivity index (χ3v) is 3.94. The number of aryl methyl sites for hydroxylation is 1. The van der Waals surface area contributed by atoms with E-state index in [9.17, 15) is 4.79 Å². The van der Waals surface area contributed by atoms with Crippen LogP contribution in [0.4, 0.5) is 4.79 Å². The molecule has 5 heteroatoms. The van der Waals surface area contributed by atoms with Crippen LogP contribution in [0.1, 0.15) is 17.0 Å². The molecule has 0 saturated carbocycles. The zero-order chi connectivity index (χ0) is 14.7. The van der Waals surface area contributed by atoms with E-state index < -0.39 is 0 Å². The molecular formula is C16H20N4O. The van der Waals surface area contributed by atoms with Gasteiger partial charge in [-0.15, -0.1) is 0 Å². The highest BCUT2D eigenvalue weighted by molar-refractivity contribution is 5.74. The van der Waals surface area contributed by atoms with Crippen molar-refractivity contribution in [2.75, 3.05) is 6.54 Å². The Labute approximate surface area is 124 Å². The van der Waals surface area contributed by atoms with Crippen LogP contribution in [0.5, 0.6) is 0 Å². The molecule has 2 N–H and O–H groups in total. The number of urea groups is 1. The number of carbonyl (C=O) groups is 1. The number of hydrogen-bond donors (Lipinski definition) is 2. The van der Waals surface area contributed by atoms with Crippen molar-refractivity contribution in [3.8, 4) is 0 Å². The van der Waals surface area contributed by atoms with Gasteiger partial charge in [0.2, 0.25) is 0 Å². The molecule has 2 aromatic rings. The Kier molecular flexibility index (Phi) is 3.90. The molecule has 21 heavy (non-hydrogen) atoms. The Morgan fingerprint density at radius 2 is 2.05 bits per heavy atom. The summed E-state index contributed by atoms with van der Waals surface area (Å²) < 4.78 is 1.97. The van der Waals surface area contributed by atoms with Crippen LogP contribution in [0.3, 0.4) is 0 Å². The molecule has 1 aliphatic carbocycles. The SMILES string of the molecule is Cn1ccnc1CCNC(=O)NC1Cc2ccccc2C1. The summed E-state index contributed by atoms with van der Waals surface area (Å²) in [5, 5.41) is 5.94. The van der Waals surface area contributed by atoms with E-state index in [0.29, 0.717) is 6.54 Å². The van der Waals surface area contributed by atoms with E-state index >= 15 is 0 Å². The second-order valence-electron chi connectivity index (χ2n) is 5.48. The minimum atomic E-state index is -0.0954. The average molecular weight is 284 g/mol. The van der Waals surface area contributed by atoms with Crippen LogP contribution in [-0.2, 0) is 26.3 Å². The molecule has 0 atom stereocenters. The third kappa shape index (κ3) is 3.24. The molecule has 2 amide bonds. The average Bonchev–Trinajstić information content (AvgIpc) is 3.04. The molecule has 1 aromatic heterocycles. The van der Waals surface area contributed by atoms with Crippen molar-refractivity contribution in [1.29, 1.82) is 0 Å². The summed E-state index contributed by atoms with van der Waals surface area (Å²) in [5.41, 5.74) is 2.69. The minimum Gasteiger partial charge on any atom is -0.338 e. The van der Waals surface area contributed by atoms with Crippen molar-refractivity contribution in [3.63, 3.8) is 0 Å². The number of benzene rings is 1. The number of fused-ring (bicyclic) bond motifs is 1. The van der Waals surface area contributed by atoms with Gasteiger partial charge in [0, 0.05) is 38.4 Å². The van der Waals surface area contributed by atoms with Crippen molar-refractivity contribution >= 4 is 6.03 Å². The molecule has 0 bridgehead atoms. The minimum absolute atomic E-state index is 0.0954. The summed E-state index contributed by atoms with van der Waals surface area (Å²) in [6, 6.07) is 8.48. The Morgan fingerprint density at radius 1 is 1.33 bits per heavy atom. The van der Waals surface area contributed by atoms with E-state index in [1.807, 2.05) is 29.9 Å². The summed E-state index contributed by atoms with van der Waals surface area (Å²) >= 11 is 0. The quantitative estimate of drug-likeness (QED) is 0.892. The van der Waals surface area contributed by atoms with Crippen molar-refractivity contribution in [1.82, 2.24) is 20.2 Å². The van der Waals surface area contributed by atoms with Crippen LogP contribution in [0, 0.1) is 0 Å². The summed E-state index contributed by atoms with van der Waals surface area (Å²) in [4.78, 5) is 16.1. The molecular weight excluding hydrogens is 264 g/mol. The molecule has 3 rings (SSSR count). The van der Waals surface area contributed by atoms with Crippen LogP contribution < -0.4 is 10.6 Å². The van der Waals surface area contributed by atoms with Gasteiger partial charge in [-0.3, -0.25) is 0 Å². The van der Waals surface area contributed by atoms with Gasteiger partial charge in [-0.1, -0.05) is 24.3 Å². The van der Waals surface area contributed by atoms with Gasteiger partial charge >= 0.3 is 6.03 Å². The van der Waals surface area contributed by atoms with Crippen molar-refractivity contribution in [2.45, 2.75) is 25.3 Å². The van der Waals surface area contributed by atoms with Gasteiger partial charge in [0.05, 0.1) is 0 Å². The fourth-order valence-corrected chi connectivity index (χ4v) is 2.82. The second kappa shape index (κ2) is 5.99. The first-order valence-electron chi connectivity index (χ1n) is 7.30. The zero-order valence-electron chi connectivity index (χ0n) is 12.2. The van der Waals surface area contributed by atoms with E-state index in [-0.39, 0.29) is 12.1 Å². The lowest BCUT2D eigenvalue weighted by atomic mass is 10.1. The molecule has 0 aliphatic heterocycles. The first-order chi connectivity index (χ1) is 10.2. The van der Waals surface area contributed by atoms with Crippen LogP contribution in [0.2, 0.25) is 0 Å². The van der Waals surface area contributed by atoms with E-state index in [0.717, 1.165) is 25.1 Å². The smallest absolute Gasteiger partial charge is 0.315 e. The maximum Gasteiger partial charge on any atom is 0.315 e. The standard InChI is InChI=1S/C16H20N4O/c1-20-9-8-17-15(20)6-7-18-16(21)19-14-10-12-4-2-3-5-13(12)11-14/h2-5,8-9,14H,6-7,10-11H2,1H3,(H2,18,19,21).